The molecule has 1 N–H and O–H groups in total. The molecule has 1 heterocycles. The van der Waals surface area contributed by atoms with E-state index in [0.29, 0.717) is 18.0 Å². The average Bonchev–Trinajstić information content (AvgIpc) is 2.49. The van der Waals surface area contributed by atoms with Gasteiger partial charge in [0.15, 0.2) is 0 Å². The highest BCUT2D eigenvalue weighted by atomic mass is 16.5. The lowest BCUT2D eigenvalue weighted by Gasteiger charge is -2.43. The number of benzene rings is 1. The minimum Gasteiger partial charge on any atom is -0.380 e. The highest BCUT2D eigenvalue weighted by Crippen LogP contribution is 2.17. The smallest absolute Gasteiger partial charge is 0.0670 e. The second-order valence-electron chi connectivity index (χ2n) is 6.60. The summed E-state index contributed by atoms with van der Waals surface area (Å²) in [6, 6.07) is 11.9. The molecule has 3 nitrogen and oxygen atoms in total. The quantitative estimate of drug-likeness (QED) is 0.871. The molecular weight excluding hydrogens is 260 g/mol. The van der Waals surface area contributed by atoms with Crippen molar-refractivity contribution in [3.05, 3.63) is 35.9 Å². The molecule has 118 valence electrons. The van der Waals surface area contributed by atoms with Crippen LogP contribution < -0.4 is 5.32 Å². The van der Waals surface area contributed by atoms with E-state index < -0.39 is 0 Å². The van der Waals surface area contributed by atoms with Crippen LogP contribution in [-0.2, 0) is 11.2 Å². The van der Waals surface area contributed by atoms with Gasteiger partial charge in [-0.2, -0.15) is 0 Å². The third-order valence-electron chi connectivity index (χ3n) is 4.58. The van der Waals surface area contributed by atoms with Crippen molar-refractivity contribution in [3.63, 3.8) is 0 Å². The number of piperazine rings is 1. The summed E-state index contributed by atoms with van der Waals surface area (Å²) in [5.74, 6) is 0.669. The van der Waals surface area contributed by atoms with Crippen molar-refractivity contribution < 1.29 is 4.74 Å². The lowest BCUT2D eigenvalue weighted by atomic mass is 9.96. The number of nitrogens with zero attached hydrogens (tertiary/aromatic N) is 1. The van der Waals surface area contributed by atoms with Gasteiger partial charge >= 0.3 is 0 Å². The van der Waals surface area contributed by atoms with E-state index in [2.05, 4.69) is 61.3 Å². The Bertz CT molecular complexity index is 407. The summed E-state index contributed by atoms with van der Waals surface area (Å²) in [5, 5.41) is 3.73. The Morgan fingerprint density at radius 2 is 1.95 bits per heavy atom. The van der Waals surface area contributed by atoms with Crippen LogP contribution >= 0.6 is 0 Å². The van der Waals surface area contributed by atoms with E-state index in [-0.39, 0.29) is 6.10 Å². The molecule has 1 aliphatic heterocycles. The molecule has 3 heteroatoms. The zero-order valence-corrected chi connectivity index (χ0v) is 13.9. The molecule has 0 aliphatic carbocycles. The average molecular weight is 290 g/mol. The van der Waals surface area contributed by atoms with Gasteiger partial charge in [0.05, 0.1) is 6.10 Å². The zero-order chi connectivity index (χ0) is 15.2. The van der Waals surface area contributed by atoms with Crippen molar-refractivity contribution in [1.29, 1.82) is 0 Å². The Morgan fingerprint density at radius 3 is 2.57 bits per heavy atom. The van der Waals surface area contributed by atoms with E-state index in [1.807, 2.05) is 0 Å². The summed E-state index contributed by atoms with van der Waals surface area (Å²) in [4.78, 5) is 2.61. The van der Waals surface area contributed by atoms with E-state index in [9.17, 15) is 0 Å². The third-order valence-corrected chi connectivity index (χ3v) is 4.58. The first-order chi connectivity index (χ1) is 10.1. The van der Waals surface area contributed by atoms with E-state index in [0.717, 1.165) is 26.1 Å². The van der Waals surface area contributed by atoms with Crippen LogP contribution in [-0.4, -0.2) is 49.8 Å². The molecule has 3 atom stereocenters. The summed E-state index contributed by atoms with van der Waals surface area (Å²) in [6.07, 6.45) is 1.39. The molecule has 1 aliphatic rings. The fourth-order valence-electron chi connectivity index (χ4n) is 3.05. The van der Waals surface area contributed by atoms with Gasteiger partial charge in [-0.25, -0.2) is 0 Å². The maximum atomic E-state index is 5.49. The molecule has 0 amide bonds. The summed E-state index contributed by atoms with van der Waals surface area (Å²) in [6.45, 7) is 9.95. The standard InChI is InChI=1S/C18H30N2O/c1-14(2)18-13-20(12-15(3)21-4)17(11-19-18)10-16-8-6-5-7-9-16/h5-9,14-15,17-19H,10-13H2,1-4H3. The Kier molecular flexibility index (Phi) is 6.22. The zero-order valence-electron chi connectivity index (χ0n) is 13.9. The second kappa shape index (κ2) is 7.92. The lowest BCUT2D eigenvalue weighted by molar-refractivity contribution is 0.0358. The van der Waals surface area contributed by atoms with Crippen LogP contribution in [0.5, 0.6) is 0 Å². The van der Waals surface area contributed by atoms with Gasteiger partial charge in [-0.05, 0) is 24.8 Å². The van der Waals surface area contributed by atoms with Gasteiger partial charge in [0.2, 0.25) is 0 Å². The van der Waals surface area contributed by atoms with E-state index in [1.165, 1.54) is 5.56 Å². The first kappa shape index (κ1) is 16.5. The molecule has 0 saturated carbocycles. The largest absolute Gasteiger partial charge is 0.380 e. The Hall–Kier alpha value is -0.900. The number of nitrogens with one attached hydrogen (secondary N) is 1. The number of hydrogen-bond acceptors (Lipinski definition) is 3. The minimum atomic E-state index is 0.286. The van der Waals surface area contributed by atoms with Gasteiger partial charge in [0.1, 0.15) is 0 Å². The van der Waals surface area contributed by atoms with Gasteiger partial charge in [0, 0.05) is 38.8 Å². The predicted molar refractivity (Wildman–Crippen MR) is 88.6 cm³/mol. The highest BCUT2D eigenvalue weighted by molar-refractivity contribution is 5.16. The normalized spacial score (nSPS) is 25.2. The van der Waals surface area contributed by atoms with E-state index >= 15 is 0 Å². The molecule has 2 rings (SSSR count). The van der Waals surface area contributed by atoms with Crippen molar-refractivity contribution in [2.45, 2.75) is 45.4 Å². The minimum absolute atomic E-state index is 0.286. The molecule has 0 bridgehead atoms. The van der Waals surface area contributed by atoms with E-state index in [4.69, 9.17) is 4.74 Å². The first-order valence-corrected chi connectivity index (χ1v) is 8.14. The SMILES string of the molecule is COC(C)CN1CC(C(C)C)NCC1Cc1ccccc1. The molecule has 21 heavy (non-hydrogen) atoms. The monoisotopic (exact) mass is 290 g/mol. The Labute approximate surface area is 129 Å². The van der Waals surface area contributed by atoms with Gasteiger partial charge < -0.3 is 10.1 Å². The number of rotatable bonds is 6. The summed E-state index contributed by atoms with van der Waals surface area (Å²) in [5.41, 5.74) is 1.42. The molecule has 0 aromatic heterocycles. The summed E-state index contributed by atoms with van der Waals surface area (Å²) < 4.78 is 5.49. The number of methoxy groups -OCH3 is 1. The molecule has 0 radical (unpaired) electrons. The first-order valence-electron chi connectivity index (χ1n) is 8.14. The summed E-state index contributed by atoms with van der Waals surface area (Å²) >= 11 is 0. The molecular formula is C18H30N2O. The molecule has 0 spiro atoms. The van der Waals surface area contributed by atoms with Crippen molar-refractivity contribution >= 4 is 0 Å². The van der Waals surface area contributed by atoms with Crippen molar-refractivity contribution in [2.75, 3.05) is 26.7 Å². The summed E-state index contributed by atoms with van der Waals surface area (Å²) in [7, 11) is 1.80. The van der Waals surface area contributed by atoms with Crippen LogP contribution in [0.4, 0.5) is 0 Å². The maximum absolute atomic E-state index is 5.49. The lowest BCUT2D eigenvalue weighted by Crippen LogP contribution is -2.59. The number of hydrogen-bond donors (Lipinski definition) is 1. The van der Waals surface area contributed by atoms with Crippen LogP contribution in [0.25, 0.3) is 0 Å². The van der Waals surface area contributed by atoms with Crippen molar-refractivity contribution in [1.82, 2.24) is 10.2 Å². The third kappa shape index (κ3) is 4.80. The van der Waals surface area contributed by atoms with Gasteiger partial charge in [-0.1, -0.05) is 44.2 Å². The van der Waals surface area contributed by atoms with Gasteiger partial charge in [0.25, 0.3) is 0 Å². The van der Waals surface area contributed by atoms with Crippen LogP contribution in [0.15, 0.2) is 30.3 Å². The van der Waals surface area contributed by atoms with Crippen molar-refractivity contribution in [3.8, 4) is 0 Å². The van der Waals surface area contributed by atoms with Crippen molar-refractivity contribution in [2.24, 2.45) is 5.92 Å². The van der Waals surface area contributed by atoms with Gasteiger partial charge in [-0.15, -0.1) is 0 Å². The molecule has 1 saturated heterocycles. The van der Waals surface area contributed by atoms with Crippen LogP contribution in [0.1, 0.15) is 26.3 Å². The molecule has 1 aromatic carbocycles. The van der Waals surface area contributed by atoms with Crippen LogP contribution in [0.3, 0.4) is 0 Å². The molecule has 1 aromatic rings. The fourth-order valence-corrected chi connectivity index (χ4v) is 3.05. The number of ether oxygens (including phenoxy) is 1. The highest BCUT2D eigenvalue weighted by Gasteiger charge is 2.30. The van der Waals surface area contributed by atoms with Crippen LogP contribution in [0.2, 0.25) is 0 Å². The molecule has 1 fully saturated rings. The van der Waals surface area contributed by atoms with Crippen LogP contribution in [0, 0.1) is 5.92 Å². The Morgan fingerprint density at radius 1 is 1.24 bits per heavy atom. The van der Waals surface area contributed by atoms with Gasteiger partial charge in [-0.3, -0.25) is 4.90 Å². The predicted octanol–water partition coefficient (Wildman–Crippen LogP) is 2.56. The fraction of sp³-hybridized carbons (Fsp3) is 0.667. The molecule has 3 unspecified atom stereocenters. The second-order valence-corrected chi connectivity index (χ2v) is 6.60. The Balaban J connectivity index is 2.03. The maximum Gasteiger partial charge on any atom is 0.0670 e. The topological polar surface area (TPSA) is 24.5 Å². The van der Waals surface area contributed by atoms with E-state index in [1.54, 1.807) is 7.11 Å².